The zero-order chi connectivity index (χ0) is 15.5. The number of aliphatic carboxylic acids is 1. The minimum atomic E-state index is -0.981. The van der Waals surface area contributed by atoms with Crippen LogP contribution in [0.2, 0.25) is 0 Å². The predicted molar refractivity (Wildman–Crippen MR) is 78.7 cm³/mol. The summed E-state index contributed by atoms with van der Waals surface area (Å²) in [6.07, 6.45) is 7.82. The number of carboxylic acid groups (broad SMARTS) is 1. The molecule has 1 heterocycles. The zero-order valence-corrected chi connectivity index (χ0v) is 12.3. The molecule has 2 aliphatic carbocycles. The standard InChI is InChI=1S/C16H20N2O4/c19-15(18-14(16(20)21)10-5-6-10)11-7-8-13(17-9-11)22-12-3-1-2-4-12/h7-10,12,14H,1-6H2,(H,18,19)(H,20,21). The van der Waals surface area contributed by atoms with Gasteiger partial charge in [-0.3, -0.25) is 4.79 Å². The molecule has 2 aliphatic rings. The van der Waals surface area contributed by atoms with E-state index >= 15 is 0 Å². The fourth-order valence-corrected chi connectivity index (χ4v) is 2.80. The van der Waals surface area contributed by atoms with E-state index in [1.807, 2.05) is 0 Å². The van der Waals surface area contributed by atoms with Crippen LogP contribution in [-0.4, -0.2) is 34.1 Å². The van der Waals surface area contributed by atoms with E-state index in [4.69, 9.17) is 9.84 Å². The Labute approximate surface area is 128 Å². The quantitative estimate of drug-likeness (QED) is 0.839. The van der Waals surface area contributed by atoms with Crippen LogP contribution in [0.1, 0.15) is 48.9 Å². The largest absolute Gasteiger partial charge is 0.480 e. The number of pyridine rings is 1. The third-order valence-corrected chi connectivity index (χ3v) is 4.23. The van der Waals surface area contributed by atoms with Gasteiger partial charge in [-0.2, -0.15) is 0 Å². The summed E-state index contributed by atoms with van der Waals surface area (Å²) in [5.74, 6) is -0.816. The average Bonchev–Trinajstić information content (AvgIpc) is 3.22. The fourth-order valence-electron chi connectivity index (χ4n) is 2.80. The Morgan fingerprint density at radius 1 is 1.23 bits per heavy atom. The van der Waals surface area contributed by atoms with Crippen molar-refractivity contribution in [3.8, 4) is 5.88 Å². The molecule has 1 amide bonds. The lowest BCUT2D eigenvalue weighted by Crippen LogP contribution is -2.42. The van der Waals surface area contributed by atoms with E-state index in [1.54, 1.807) is 12.1 Å². The molecule has 2 fully saturated rings. The van der Waals surface area contributed by atoms with Crippen LogP contribution in [0.25, 0.3) is 0 Å². The fraction of sp³-hybridized carbons (Fsp3) is 0.562. The van der Waals surface area contributed by atoms with Crippen LogP contribution in [0.3, 0.4) is 0 Å². The summed E-state index contributed by atoms with van der Waals surface area (Å²) in [5.41, 5.74) is 0.352. The van der Waals surface area contributed by atoms with Gasteiger partial charge >= 0.3 is 5.97 Å². The summed E-state index contributed by atoms with van der Waals surface area (Å²) in [7, 11) is 0. The number of aromatic nitrogens is 1. The summed E-state index contributed by atoms with van der Waals surface area (Å²) < 4.78 is 5.74. The normalized spacial score (nSPS) is 19.6. The second-order valence-electron chi connectivity index (χ2n) is 6.04. The molecule has 0 aromatic carbocycles. The van der Waals surface area contributed by atoms with Gasteiger partial charge in [0.25, 0.3) is 5.91 Å². The molecule has 1 atom stereocenters. The van der Waals surface area contributed by atoms with Gasteiger partial charge in [0.15, 0.2) is 0 Å². The number of ether oxygens (including phenoxy) is 1. The van der Waals surface area contributed by atoms with Crippen molar-refractivity contribution in [2.45, 2.75) is 50.7 Å². The number of carbonyl (C=O) groups excluding carboxylic acids is 1. The van der Waals surface area contributed by atoms with Crippen LogP contribution in [-0.2, 0) is 4.79 Å². The van der Waals surface area contributed by atoms with Crippen molar-refractivity contribution in [3.63, 3.8) is 0 Å². The number of carboxylic acids is 1. The Morgan fingerprint density at radius 3 is 2.50 bits per heavy atom. The van der Waals surface area contributed by atoms with Crippen LogP contribution in [0.5, 0.6) is 5.88 Å². The van der Waals surface area contributed by atoms with Gasteiger partial charge in [0.1, 0.15) is 12.1 Å². The molecule has 6 nitrogen and oxygen atoms in total. The number of hydrogen-bond donors (Lipinski definition) is 2. The van der Waals surface area contributed by atoms with Crippen molar-refractivity contribution in [2.75, 3.05) is 0 Å². The van der Waals surface area contributed by atoms with Crippen molar-refractivity contribution in [2.24, 2.45) is 5.92 Å². The van der Waals surface area contributed by atoms with E-state index in [-0.39, 0.29) is 12.0 Å². The summed E-state index contributed by atoms with van der Waals surface area (Å²) in [4.78, 5) is 27.4. The summed E-state index contributed by atoms with van der Waals surface area (Å²) in [5, 5.41) is 11.7. The Morgan fingerprint density at radius 2 is 1.95 bits per heavy atom. The molecule has 2 saturated carbocycles. The zero-order valence-electron chi connectivity index (χ0n) is 12.3. The van der Waals surface area contributed by atoms with Crippen molar-refractivity contribution in [1.82, 2.24) is 10.3 Å². The first-order valence-corrected chi connectivity index (χ1v) is 7.80. The highest BCUT2D eigenvalue weighted by atomic mass is 16.5. The highest BCUT2D eigenvalue weighted by molar-refractivity contribution is 5.96. The maximum Gasteiger partial charge on any atom is 0.326 e. The topological polar surface area (TPSA) is 88.5 Å². The number of rotatable bonds is 6. The van der Waals surface area contributed by atoms with Gasteiger partial charge in [0.05, 0.1) is 5.56 Å². The van der Waals surface area contributed by atoms with Gasteiger partial charge in [-0.25, -0.2) is 9.78 Å². The Hall–Kier alpha value is -2.11. The van der Waals surface area contributed by atoms with Crippen LogP contribution >= 0.6 is 0 Å². The first-order chi connectivity index (χ1) is 10.6. The third kappa shape index (κ3) is 3.55. The number of amides is 1. The van der Waals surface area contributed by atoms with Crippen molar-refractivity contribution in [1.29, 1.82) is 0 Å². The van der Waals surface area contributed by atoms with E-state index < -0.39 is 17.9 Å². The summed E-state index contributed by atoms with van der Waals surface area (Å²) >= 11 is 0. The Bertz CT molecular complexity index is 548. The highest BCUT2D eigenvalue weighted by Gasteiger charge is 2.37. The maximum absolute atomic E-state index is 12.1. The van der Waals surface area contributed by atoms with Gasteiger partial charge < -0.3 is 15.2 Å². The highest BCUT2D eigenvalue weighted by Crippen LogP contribution is 2.32. The van der Waals surface area contributed by atoms with E-state index in [2.05, 4.69) is 10.3 Å². The maximum atomic E-state index is 12.1. The number of hydrogen-bond acceptors (Lipinski definition) is 4. The van der Waals surface area contributed by atoms with Gasteiger partial charge in [-0.15, -0.1) is 0 Å². The predicted octanol–water partition coefficient (Wildman–Crippen LogP) is 2.00. The van der Waals surface area contributed by atoms with Crippen molar-refractivity contribution in [3.05, 3.63) is 23.9 Å². The lowest BCUT2D eigenvalue weighted by Gasteiger charge is -2.14. The number of nitrogens with zero attached hydrogens (tertiary/aromatic N) is 1. The molecular weight excluding hydrogens is 284 g/mol. The minimum absolute atomic E-state index is 0.0550. The lowest BCUT2D eigenvalue weighted by molar-refractivity contribution is -0.139. The number of carbonyl (C=O) groups is 2. The molecule has 2 N–H and O–H groups in total. The monoisotopic (exact) mass is 304 g/mol. The second-order valence-corrected chi connectivity index (χ2v) is 6.04. The minimum Gasteiger partial charge on any atom is -0.480 e. The van der Waals surface area contributed by atoms with E-state index in [9.17, 15) is 9.59 Å². The molecule has 0 radical (unpaired) electrons. The van der Waals surface area contributed by atoms with Gasteiger partial charge in [0, 0.05) is 12.3 Å². The molecule has 118 valence electrons. The molecule has 22 heavy (non-hydrogen) atoms. The molecular formula is C16H20N2O4. The lowest BCUT2D eigenvalue weighted by atomic mass is 10.1. The molecule has 3 rings (SSSR count). The van der Waals surface area contributed by atoms with Crippen LogP contribution < -0.4 is 10.1 Å². The van der Waals surface area contributed by atoms with Gasteiger partial charge in [-0.1, -0.05) is 0 Å². The third-order valence-electron chi connectivity index (χ3n) is 4.23. The molecule has 1 aromatic rings. The molecule has 6 heteroatoms. The summed E-state index contributed by atoms with van der Waals surface area (Å²) in [6, 6.07) is 2.49. The van der Waals surface area contributed by atoms with Gasteiger partial charge in [0.2, 0.25) is 5.88 Å². The first kappa shape index (κ1) is 14.8. The van der Waals surface area contributed by atoms with Gasteiger partial charge in [-0.05, 0) is 50.5 Å². The molecule has 0 aliphatic heterocycles. The number of nitrogens with one attached hydrogen (secondary N) is 1. The van der Waals surface area contributed by atoms with Crippen LogP contribution in [0.4, 0.5) is 0 Å². The van der Waals surface area contributed by atoms with Crippen LogP contribution in [0.15, 0.2) is 18.3 Å². The average molecular weight is 304 g/mol. The first-order valence-electron chi connectivity index (χ1n) is 7.80. The SMILES string of the molecule is O=C(NC(C(=O)O)C1CC1)c1ccc(OC2CCCC2)nc1. The molecule has 0 bridgehead atoms. The smallest absolute Gasteiger partial charge is 0.326 e. The van der Waals surface area contributed by atoms with E-state index in [0.29, 0.717) is 11.4 Å². The Kier molecular flexibility index (Phi) is 4.27. The molecule has 1 unspecified atom stereocenters. The van der Waals surface area contributed by atoms with Crippen LogP contribution in [0, 0.1) is 5.92 Å². The molecule has 1 aromatic heterocycles. The van der Waals surface area contributed by atoms with Crippen molar-refractivity contribution < 1.29 is 19.4 Å². The Balaban J connectivity index is 1.59. The summed E-state index contributed by atoms with van der Waals surface area (Å²) in [6.45, 7) is 0. The molecule has 0 spiro atoms. The van der Waals surface area contributed by atoms with Crippen molar-refractivity contribution >= 4 is 11.9 Å². The second kappa shape index (κ2) is 6.34. The molecule has 0 saturated heterocycles. The van der Waals surface area contributed by atoms with E-state index in [1.165, 1.54) is 19.0 Å². The van der Waals surface area contributed by atoms with E-state index in [0.717, 1.165) is 25.7 Å².